The number of anilines is 2. The maximum absolute atomic E-state index is 6.74. The Morgan fingerprint density at radius 2 is 1.79 bits per heavy atom. The molecule has 0 bridgehead atoms. The third kappa shape index (κ3) is 3.42. The number of rotatable bonds is 2. The maximum atomic E-state index is 6.74. The summed E-state index contributed by atoms with van der Waals surface area (Å²) in [5.74, 6) is 1.33. The summed E-state index contributed by atoms with van der Waals surface area (Å²) in [6.07, 6.45) is 4.93. The van der Waals surface area contributed by atoms with Crippen molar-refractivity contribution < 1.29 is 0 Å². The standard InChI is InChI=1S/C27H25Cl2N5/c28-21-7-3-6-18(24(21)29)17-12-20-22(32-15-17)13-23(33-26(20)31)34-10-8-27(9-11-34)14-16-4-1-2-5-19(16)25(27)30/h1-7,12-13,15,25H,8-11,14,30H2,(H2,31,33)/t25-/m1/s1. The average Bonchev–Trinajstić information content (AvgIpc) is 3.12. The van der Waals surface area contributed by atoms with E-state index in [0.717, 1.165) is 60.2 Å². The molecule has 2 aromatic carbocycles. The molecule has 4 aromatic rings. The number of nitrogens with two attached hydrogens (primary N) is 2. The predicted octanol–water partition coefficient (Wildman–Crippen LogP) is 6.03. The molecule has 5 nitrogen and oxygen atoms in total. The molecular weight excluding hydrogens is 465 g/mol. The smallest absolute Gasteiger partial charge is 0.135 e. The van der Waals surface area contributed by atoms with Crippen LogP contribution in [0.1, 0.15) is 30.0 Å². The normalized spacial score (nSPS) is 19.0. The van der Waals surface area contributed by atoms with Crippen molar-refractivity contribution in [3.8, 4) is 11.1 Å². The first-order chi connectivity index (χ1) is 16.4. The van der Waals surface area contributed by atoms with Gasteiger partial charge in [0.05, 0.1) is 15.6 Å². The molecule has 172 valence electrons. The van der Waals surface area contributed by atoms with E-state index in [0.29, 0.717) is 15.9 Å². The Balaban J connectivity index is 1.26. The van der Waals surface area contributed by atoms with Crippen molar-refractivity contribution in [3.05, 3.63) is 82.0 Å². The van der Waals surface area contributed by atoms with Crippen molar-refractivity contribution in [1.29, 1.82) is 0 Å². The van der Waals surface area contributed by atoms with Gasteiger partial charge in [-0.25, -0.2) is 4.98 Å². The summed E-state index contributed by atoms with van der Waals surface area (Å²) in [6.45, 7) is 1.80. The van der Waals surface area contributed by atoms with E-state index in [1.54, 1.807) is 6.07 Å². The van der Waals surface area contributed by atoms with Crippen LogP contribution in [0.5, 0.6) is 0 Å². The number of halogens is 2. The van der Waals surface area contributed by atoms with E-state index in [1.165, 1.54) is 11.1 Å². The molecule has 4 N–H and O–H groups in total. The lowest BCUT2D eigenvalue weighted by atomic mass is 9.73. The summed E-state index contributed by atoms with van der Waals surface area (Å²) in [5, 5.41) is 1.82. The molecule has 1 saturated heterocycles. The van der Waals surface area contributed by atoms with Crippen molar-refractivity contribution in [2.24, 2.45) is 11.1 Å². The Hall–Kier alpha value is -2.86. The van der Waals surface area contributed by atoms with Gasteiger partial charge in [-0.1, -0.05) is 59.6 Å². The molecule has 3 heterocycles. The predicted molar refractivity (Wildman–Crippen MR) is 140 cm³/mol. The number of hydrogen-bond donors (Lipinski definition) is 2. The van der Waals surface area contributed by atoms with Crippen LogP contribution in [0.2, 0.25) is 10.0 Å². The lowest BCUT2D eigenvalue weighted by Crippen LogP contribution is -2.44. The Labute approximate surface area is 208 Å². The van der Waals surface area contributed by atoms with Gasteiger partial charge in [0, 0.05) is 47.9 Å². The van der Waals surface area contributed by atoms with Crippen LogP contribution in [0.15, 0.2) is 60.8 Å². The third-order valence-electron chi connectivity index (χ3n) is 7.63. The Morgan fingerprint density at radius 3 is 2.59 bits per heavy atom. The molecule has 1 fully saturated rings. The lowest BCUT2D eigenvalue weighted by Gasteiger charge is -2.42. The summed E-state index contributed by atoms with van der Waals surface area (Å²) in [5.41, 5.74) is 18.5. The van der Waals surface area contributed by atoms with Gasteiger partial charge in [-0.15, -0.1) is 0 Å². The first kappa shape index (κ1) is 21.7. The van der Waals surface area contributed by atoms with Crippen LogP contribution in [-0.4, -0.2) is 23.1 Å². The largest absolute Gasteiger partial charge is 0.383 e. The molecule has 0 saturated carbocycles. The molecule has 0 radical (unpaired) electrons. The van der Waals surface area contributed by atoms with Crippen LogP contribution in [0.25, 0.3) is 22.0 Å². The molecule has 1 spiro atoms. The van der Waals surface area contributed by atoms with Gasteiger partial charge in [0.2, 0.25) is 0 Å². The molecule has 7 heteroatoms. The van der Waals surface area contributed by atoms with E-state index in [1.807, 2.05) is 30.5 Å². The summed E-state index contributed by atoms with van der Waals surface area (Å²) in [7, 11) is 0. The van der Waals surface area contributed by atoms with E-state index in [2.05, 4.69) is 34.1 Å². The van der Waals surface area contributed by atoms with Gasteiger partial charge in [0.1, 0.15) is 11.6 Å². The van der Waals surface area contributed by atoms with E-state index < -0.39 is 0 Å². The van der Waals surface area contributed by atoms with Gasteiger partial charge in [-0.3, -0.25) is 4.98 Å². The zero-order valence-corrected chi connectivity index (χ0v) is 20.2. The highest BCUT2D eigenvalue weighted by atomic mass is 35.5. The van der Waals surface area contributed by atoms with Crippen molar-refractivity contribution in [2.45, 2.75) is 25.3 Å². The van der Waals surface area contributed by atoms with Gasteiger partial charge < -0.3 is 16.4 Å². The second-order valence-corrected chi connectivity index (χ2v) is 10.2. The number of piperidine rings is 1. The minimum atomic E-state index is 0.0962. The lowest BCUT2D eigenvalue weighted by molar-refractivity contribution is 0.187. The van der Waals surface area contributed by atoms with E-state index in [4.69, 9.17) is 39.7 Å². The topological polar surface area (TPSA) is 81.1 Å². The van der Waals surface area contributed by atoms with Crippen molar-refractivity contribution in [3.63, 3.8) is 0 Å². The highest BCUT2D eigenvalue weighted by molar-refractivity contribution is 6.43. The summed E-state index contributed by atoms with van der Waals surface area (Å²) >= 11 is 12.6. The average molecular weight is 490 g/mol. The van der Waals surface area contributed by atoms with Crippen molar-refractivity contribution >= 4 is 45.7 Å². The molecule has 2 aromatic heterocycles. The second kappa shape index (κ2) is 8.12. The fourth-order valence-electron chi connectivity index (χ4n) is 5.66. The summed E-state index contributed by atoms with van der Waals surface area (Å²) in [4.78, 5) is 11.7. The molecule has 6 rings (SSSR count). The first-order valence-electron chi connectivity index (χ1n) is 11.5. The summed E-state index contributed by atoms with van der Waals surface area (Å²) < 4.78 is 0. The van der Waals surface area contributed by atoms with E-state index in [9.17, 15) is 0 Å². The number of fused-ring (bicyclic) bond motifs is 2. The Bertz CT molecular complexity index is 1410. The molecule has 1 aliphatic carbocycles. The van der Waals surface area contributed by atoms with E-state index in [-0.39, 0.29) is 11.5 Å². The van der Waals surface area contributed by atoms with Crippen LogP contribution in [0.4, 0.5) is 11.6 Å². The van der Waals surface area contributed by atoms with E-state index >= 15 is 0 Å². The first-order valence-corrected chi connectivity index (χ1v) is 12.3. The molecule has 34 heavy (non-hydrogen) atoms. The monoisotopic (exact) mass is 489 g/mol. The minimum absolute atomic E-state index is 0.0962. The van der Waals surface area contributed by atoms with Gasteiger partial charge in [-0.2, -0.15) is 0 Å². The molecule has 1 atom stereocenters. The van der Waals surface area contributed by atoms with Crippen molar-refractivity contribution in [2.75, 3.05) is 23.7 Å². The highest BCUT2D eigenvalue weighted by Gasteiger charge is 2.45. The summed E-state index contributed by atoms with van der Waals surface area (Å²) in [6, 6.07) is 18.3. The number of benzene rings is 2. The van der Waals surface area contributed by atoms with Crippen LogP contribution in [0.3, 0.4) is 0 Å². The Kier molecular flexibility index (Phi) is 5.17. The SMILES string of the molecule is Nc1nc(N2CCC3(CC2)Cc2ccccc2[C@H]3N)cc2ncc(-c3cccc(Cl)c3Cl)cc12. The zero-order chi connectivity index (χ0) is 23.4. The number of hydrogen-bond acceptors (Lipinski definition) is 5. The molecule has 0 unspecified atom stereocenters. The second-order valence-electron chi connectivity index (χ2n) is 9.46. The van der Waals surface area contributed by atoms with Crippen LogP contribution < -0.4 is 16.4 Å². The van der Waals surface area contributed by atoms with Gasteiger partial charge in [-0.05, 0) is 47.9 Å². The molecule has 1 aliphatic heterocycles. The van der Waals surface area contributed by atoms with Crippen LogP contribution in [0, 0.1) is 5.41 Å². The molecular formula is C27H25Cl2N5. The Morgan fingerprint density at radius 1 is 1.00 bits per heavy atom. The van der Waals surface area contributed by atoms with Gasteiger partial charge in [0.15, 0.2) is 0 Å². The molecule has 2 aliphatic rings. The minimum Gasteiger partial charge on any atom is -0.383 e. The van der Waals surface area contributed by atoms with Gasteiger partial charge >= 0.3 is 0 Å². The highest BCUT2D eigenvalue weighted by Crippen LogP contribution is 2.51. The number of aromatic nitrogens is 2. The van der Waals surface area contributed by atoms with Gasteiger partial charge in [0.25, 0.3) is 0 Å². The zero-order valence-electron chi connectivity index (χ0n) is 18.6. The van der Waals surface area contributed by atoms with Crippen LogP contribution >= 0.6 is 23.2 Å². The van der Waals surface area contributed by atoms with Crippen LogP contribution in [-0.2, 0) is 6.42 Å². The fraction of sp³-hybridized carbons (Fsp3) is 0.259. The van der Waals surface area contributed by atoms with Crippen molar-refractivity contribution in [1.82, 2.24) is 9.97 Å². The maximum Gasteiger partial charge on any atom is 0.135 e. The quantitative estimate of drug-likeness (QED) is 0.359. The fourth-order valence-corrected chi connectivity index (χ4v) is 6.07. The molecule has 0 amide bonds. The third-order valence-corrected chi connectivity index (χ3v) is 8.45. The number of nitrogens with zero attached hydrogens (tertiary/aromatic N) is 3. The number of nitrogen functional groups attached to an aromatic ring is 1. The number of pyridine rings is 2.